The van der Waals surface area contributed by atoms with Crippen LogP contribution in [0.5, 0.6) is 5.75 Å². The van der Waals surface area contributed by atoms with Crippen molar-refractivity contribution in [2.45, 2.75) is 17.6 Å². The van der Waals surface area contributed by atoms with E-state index in [0.29, 0.717) is 28.6 Å². The van der Waals surface area contributed by atoms with Crippen molar-refractivity contribution in [3.63, 3.8) is 0 Å². The molecule has 7 nitrogen and oxygen atoms in total. The van der Waals surface area contributed by atoms with Gasteiger partial charge in [-0.2, -0.15) is 5.10 Å². The Labute approximate surface area is 200 Å². The minimum Gasteiger partial charge on any atom is -0.461 e. The molecule has 0 saturated carbocycles. The second-order valence-corrected chi connectivity index (χ2v) is 8.49. The Morgan fingerprint density at radius 2 is 1.82 bits per heavy atom. The number of aromatic nitrogens is 2. The van der Waals surface area contributed by atoms with Crippen LogP contribution in [0, 0.1) is 0 Å². The van der Waals surface area contributed by atoms with Gasteiger partial charge in [0.2, 0.25) is 0 Å². The number of esters is 1. The molecular formula is C26H21N3O4S. The lowest BCUT2D eigenvalue weighted by atomic mass is 10.1. The van der Waals surface area contributed by atoms with Crippen molar-refractivity contribution in [3.8, 4) is 22.7 Å². The number of thioether (sulfide) groups is 1. The lowest BCUT2D eigenvalue weighted by Gasteiger charge is -2.18. The molecule has 0 bridgehead atoms. The molecule has 0 aliphatic carbocycles. The number of fused-ring (bicyclic) bond motifs is 3. The first-order valence-corrected chi connectivity index (χ1v) is 11.8. The number of carbonyl (C=O) groups excluding carboxylic acids is 2. The van der Waals surface area contributed by atoms with E-state index in [1.165, 1.54) is 0 Å². The third-order valence-electron chi connectivity index (χ3n) is 5.26. The standard InChI is InChI=1S/C26H21N3O4S/c1-2-32-25(30)23-21-16-34-22-14-7-6-13-20(22)24(21)29(28-23)18-10-8-9-17(15-18)27-26(31)33-19-11-4-3-5-12-19/h3-15H,2,16H2,1H3,(H,27,31). The first-order chi connectivity index (χ1) is 16.6. The van der Waals surface area contributed by atoms with Crippen LogP contribution in [-0.2, 0) is 10.5 Å². The summed E-state index contributed by atoms with van der Waals surface area (Å²) >= 11 is 1.67. The second-order valence-electron chi connectivity index (χ2n) is 7.47. The Balaban J connectivity index is 1.52. The summed E-state index contributed by atoms with van der Waals surface area (Å²) in [7, 11) is 0. The molecule has 2 heterocycles. The number of hydrogen-bond donors (Lipinski definition) is 1. The Morgan fingerprint density at radius 3 is 2.65 bits per heavy atom. The van der Waals surface area contributed by atoms with E-state index < -0.39 is 12.1 Å². The number of benzene rings is 3. The molecule has 170 valence electrons. The molecule has 0 spiro atoms. The van der Waals surface area contributed by atoms with Crippen LogP contribution < -0.4 is 10.1 Å². The van der Waals surface area contributed by atoms with Gasteiger partial charge in [0.25, 0.3) is 0 Å². The minimum atomic E-state index is -0.597. The van der Waals surface area contributed by atoms with Gasteiger partial charge in [-0.25, -0.2) is 14.3 Å². The van der Waals surface area contributed by atoms with Gasteiger partial charge in [-0.3, -0.25) is 5.32 Å². The van der Waals surface area contributed by atoms with Crippen molar-refractivity contribution in [2.75, 3.05) is 11.9 Å². The van der Waals surface area contributed by atoms with Gasteiger partial charge in [-0.1, -0.05) is 42.5 Å². The van der Waals surface area contributed by atoms with Crippen LogP contribution >= 0.6 is 11.8 Å². The fourth-order valence-electron chi connectivity index (χ4n) is 3.81. The molecule has 34 heavy (non-hydrogen) atoms. The van der Waals surface area contributed by atoms with Gasteiger partial charge >= 0.3 is 12.1 Å². The Kier molecular flexibility index (Phi) is 6.05. The molecule has 3 aromatic carbocycles. The first-order valence-electron chi connectivity index (χ1n) is 10.8. The van der Waals surface area contributed by atoms with E-state index in [2.05, 4.69) is 16.5 Å². The van der Waals surface area contributed by atoms with Crippen molar-refractivity contribution < 1.29 is 19.1 Å². The SMILES string of the molecule is CCOC(=O)c1nn(-c2cccc(NC(=O)Oc3ccccc3)c2)c2c1CSc1ccccc1-2. The highest BCUT2D eigenvalue weighted by Gasteiger charge is 2.30. The zero-order chi connectivity index (χ0) is 23.5. The van der Waals surface area contributed by atoms with Crippen LogP contribution in [0.2, 0.25) is 0 Å². The fraction of sp³-hybridized carbons (Fsp3) is 0.115. The van der Waals surface area contributed by atoms with E-state index in [4.69, 9.17) is 9.47 Å². The topological polar surface area (TPSA) is 82.5 Å². The highest BCUT2D eigenvalue weighted by molar-refractivity contribution is 7.98. The molecule has 1 aliphatic rings. The molecule has 0 unspecified atom stereocenters. The largest absolute Gasteiger partial charge is 0.461 e. The highest BCUT2D eigenvalue weighted by atomic mass is 32.2. The summed E-state index contributed by atoms with van der Waals surface area (Å²) in [6.45, 7) is 2.04. The maximum atomic E-state index is 12.7. The molecule has 5 rings (SSSR count). The fourth-order valence-corrected chi connectivity index (χ4v) is 4.87. The summed E-state index contributed by atoms with van der Waals surface area (Å²) in [6.07, 6.45) is -0.597. The summed E-state index contributed by atoms with van der Waals surface area (Å²) in [4.78, 5) is 26.2. The second kappa shape index (κ2) is 9.44. The van der Waals surface area contributed by atoms with Gasteiger partial charge < -0.3 is 9.47 Å². The van der Waals surface area contributed by atoms with E-state index >= 15 is 0 Å². The molecule has 0 fully saturated rings. The Morgan fingerprint density at radius 1 is 1.03 bits per heavy atom. The summed E-state index contributed by atoms with van der Waals surface area (Å²) < 4.78 is 12.3. The third-order valence-corrected chi connectivity index (χ3v) is 6.36. The van der Waals surface area contributed by atoms with Crippen LogP contribution in [0.25, 0.3) is 16.9 Å². The van der Waals surface area contributed by atoms with Crippen LogP contribution in [0.4, 0.5) is 10.5 Å². The predicted octanol–water partition coefficient (Wildman–Crippen LogP) is 5.93. The maximum absolute atomic E-state index is 12.7. The van der Waals surface area contributed by atoms with Gasteiger partial charge in [0.05, 0.1) is 18.0 Å². The number of para-hydroxylation sites is 1. The smallest absolute Gasteiger partial charge is 0.417 e. The number of carbonyl (C=O) groups is 2. The van der Waals surface area contributed by atoms with Crippen molar-refractivity contribution >= 4 is 29.5 Å². The number of anilines is 1. The Hall–Kier alpha value is -4.04. The Bertz CT molecular complexity index is 1370. The van der Waals surface area contributed by atoms with Crippen molar-refractivity contribution in [1.82, 2.24) is 9.78 Å². The van der Waals surface area contributed by atoms with E-state index in [-0.39, 0.29) is 6.61 Å². The van der Waals surface area contributed by atoms with Crippen molar-refractivity contribution in [3.05, 3.63) is 90.1 Å². The number of ether oxygens (including phenoxy) is 2. The zero-order valence-electron chi connectivity index (χ0n) is 18.4. The minimum absolute atomic E-state index is 0.271. The van der Waals surface area contributed by atoms with Gasteiger partial charge in [-0.05, 0) is 43.3 Å². The van der Waals surface area contributed by atoms with Crippen LogP contribution in [0.3, 0.4) is 0 Å². The molecule has 1 amide bonds. The summed E-state index contributed by atoms with van der Waals surface area (Å²) in [5.74, 6) is 0.616. The lowest BCUT2D eigenvalue weighted by molar-refractivity contribution is 0.0518. The van der Waals surface area contributed by atoms with Gasteiger partial charge in [0.15, 0.2) is 5.69 Å². The normalized spacial score (nSPS) is 11.8. The van der Waals surface area contributed by atoms with Gasteiger partial charge in [0.1, 0.15) is 5.75 Å². The summed E-state index contributed by atoms with van der Waals surface area (Å²) in [5.41, 5.74) is 4.23. The molecule has 8 heteroatoms. The molecular weight excluding hydrogens is 450 g/mol. The van der Waals surface area contributed by atoms with E-state index in [9.17, 15) is 9.59 Å². The van der Waals surface area contributed by atoms with Gasteiger partial charge in [-0.15, -0.1) is 11.8 Å². The van der Waals surface area contributed by atoms with E-state index in [1.807, 2.05) is 36.4 Å². The molecule has 1 aliphatic heterocycles. The molecule has 1 N–H and O–H groups in total. The number of nitrogens with one attached hydrogen (secondary N) is 1. The monoisotopic (exact) mass is 471 g/mol. The first kappa shape index (κ1) is 21.8. The quantitative estimate of drug-likeness (QED) is 0.363. The highest BCUT2D eigenvalue weighted by Crippen LogP contribution is 2.43. The number of hydrogen-bond acceptors (Lipinski definition) is 6. The van der Waals surface area contributed by atoms with Crippen LogP contribution in [0.15, 0.2) is 83.8 Å². The summed E-state index contributed by atoms with van der Waals surface area (Å²) in [6, 6.07) is 24.1. The third kappa shape index (κ3) is 4.27. The summed E-state index contributed by atoms with van der Waals surface area (Å²) in [5, 5.41) is 7.40. The average Bonchev–Trinajstić information content (AvgIpc) is 3.25. The zero-order valence-corrected chi connectivity index (χ0v) is 19.2. The van der Waals surface area contributed by atoms with Gasteiger partial charge in [0, 0.05) is 27.5 Å². The predicted molar refractivity (Wildman–Crippen MR) is 131 cm³/mol. The lowest BCUT2D eigenvalue weighted by Crippen LogP contribution is -2.16. The van der Waals surface area contributed by atoms with Crippen molar-refractivity contribution in [1.29, 1.82) is 0 Å². The average molecular weight is 472 g/mol. The molecule has 4 aromatic rings. The van der Waals surface area contributed by atoms with Crippen LogP contribution in [-0.4, -0.2) is 28.4 Å². The number of amides is 1. The maximum Gasteiger partial charge on any atom is 0.417 e. The van der Waals surface area contributed by atoms with E-state index in [1.54, 1.807) is 59.8 Å². The molecule has 0 radical (unpaired) electrons. The van der Waals surface area contributed by atoms with E-state index in [0.717, 1.165) is 21.7 Å². The molecule has 0 atom stereocenters. The van der Waals surface area contributed by atoms with Crippen LogP contribution in [0.1, 0.15) is 23.0 Å². The number of rotatable bonds is 5. The molecule has 0 saturated heterocycles. The van der Waals surface area contributed by atoms with Crippen molar-refractivity contribution in [2.24, 2.45) is 0 Å². The molecule has 1 aromatic heterocycles. The number of nitrogens with zero attached hydrogens (tertiary/aromatic N) is 2.